The Morgan fingerprint density at radius 2 is 2.19 bits per heavy atom. The summed E-state index contributed by atoms with van der Waals surface area (Å²) >= 11 is 3.60. The van der Waals surface area contributed by atoms with Crippen molar-refractivity contribution in [3.8, 4) is 0 Å². The number of rotatable bonds is 3. The van der Waals surface area contributed by atoms with E-state index in [1.807, 2.05) is 19.2 Å². The molecule has 1 aromatic heterocycles. The minimum absolute atomic E-state index is 0.485. The molecular weight excluding hydrogens is 268 g/mol. The largest absolute Gasteiger partial charge is 0.347 e. The lowest BCUT2D eigenvalue weighted by Crippen LogP contribution is -1.98. The van der Waals surface area contributed by atoms with Crippen LogP contribution in [0.1, 0.15) is 5.69 Å². The van der Waals surface area contributed by atoms with E-state index in [4.69, 9.17) is 5.53 Å². The van der Waals surface area contributed by atoms with Crippen molar-refractivity contribution in [1.29, 1.82) is 0 Å². The first-order chi connectivity index (χ1) is 7.75. The summed E-state index contributed by atoms with van der Waals surface area (Å²) in [4.78, 5) is 2.76. The molecule has 1 aromatic carbocycles. The molecular formula is C11H11BrN4. The van der Waals surface area contributed by atoms with Crippen LogP contribution in [0.25, 0.3) is 21.3 Å². The third-order valence-corrected chi connectivity index (χ3v) is 3.56. The zero-order chi connectivity index (χ0) is 11.5. The van der Waals surface area contributed by atoms with Crippen molar-refractivity contribution in [2.45, 2.75) is 6.42 Å². The van der Waals surface area contributed by atoms with Crippen LogP contribution in [0.2, 0.25) is 0 Å². The van der Waals surface area contributed by atoms with Gasteiger partial charge in [0.1, 0.15) is 0 Å². The smallest absolute Gasteiger partial charge is 0.0491 e. The second kappa shape index (κ2) is 4.60. The van der Waals surface area contributed by atoms with Crippen LogP contribution in [0, 0.1) is 0 Å². The quantitative estimate of drug-likeness (QED) is 0.466. The van der Waals surface area contributed by atoms with Crippen LogP contribution in [0.5, 0.6) is 0 Å². The summed E-state index contributed by atoms with van der Waals surface area (Å²) in [6, 6.07) is 8.20. The Morgan fingerprint density at radius 1 is 1.44 bits per heavy atom. The summed E-state index contributed by atoms with van der Waals surface area (Å²) in [5.74, 6) is 0. The van der Waals surface area contributed by atoms with E-state index in [0.29, 0.717) is 6.54 Å². The average molecular weight is 279 g/mol. The molecule has 0 bridgehead atoms. The van der Waals surface area contributed by atoms with Gasteiger partial charge in [0.05, 0.1) is 0 Å². The molecule has 2 rings (SSSR count). The summed E-state index contributed by atoms with van der Waals surface area (Å²) in [6.45, 7) is 0.485. The predicted molar refractivity (Wildman–Crippen MR) is 68.3 cm³/mol. The van der Waals surface area contributed by atoms with E-state index in [9.17, 15) is 0 Å². The van der Waals surface area contributed by atoms with Gasteiger partial charge in [-0.25, -0.2) is 0 Å². The first kappa shape index (κ1) is 11.0. The SMILES string of the molecule is Cn1c(CCN=[N+]=[N-])c(Br)c2ccccc21. The van der Waals surface area contributed by atoms with Crippen molar-refractivity contribution in [1.82, 2.24) is 4.57 Å². The van der Waals surface area contributed by atoms with E-state index >= 15 is 0 Å². The molecule has 4 nitrogen and oxygen atoms in total. The Bertz CT molecular complexity index is 528. The van der Waals surface area contributed by atoms with Gasteiger partial charge in [-0.15, -0.1) is 0 Å². The van der Waals surface area contributed by atoms with Crippen LogP contribution < -0.4 is 0 Å². The van der Waals surface area contributed by atoms with Crippen LogP contribution >= 0.6 is 15.9 Å². The fraction of sp³-hybridized carbons (Fsp3) is 0.273. The van der Waals surface area contributed by atoms with E-state index in [0.717, 1.165) is 16.6 Å². The number of halogens is 1. The molecule has 0 spiro atoms. The van der Waals surface area contributed by atoms with Crippen molar-refractivity contribution < 1.29 is 0 Å². The number of hydrogen-bond donors (Lipinski definition) is 0. The fourth-order valence-electron chi connectivity index (χ4n) is 1.88. The Labute approximate surface area is 102 Å². The third-order valence-electron chi connectivity index (χ3n) is 2.67. The van der Waals surface area contributed by atoms with Crippen molar-refractivity contribution in [3.05, 3.63) is 44.9 Å². The van der Waals surface area contributed by atoms with Crippen molar-refractivity contribution in [2.75, 3.05) is 6.54 Å². The van der Waals surface area contributed by atoms with Gasteiger partial charge >= 0.3 is 0 Å². The molecule has 0 aliphatic carbocycles. The lowest BCUT2D eigenvalue weighted by molar-refractivity contribution is 0.820. The number of para-hydroxylation sites is 1. The Kier molecular flexibility index (Phi) is 3.17. The molecule has 1 heterocycles. The highest BCUT2D eigenvalue weighted by molar-refractivity contribution is 9.10. The van der Waals surface area contributed by atoms with Crippen LogP contribution in [0.4, 0.5) is 0 Å². The summed E-state index contributed by atoms with van der Waals surface area (Å²) in [5, 5.41) is 4.76. The molecule has 0 aliphatic heterocycles. The maximum Gasteiger partial charge on any atom is 0.0491 e. The Morgan fingerprint density at radius 3 is 2.88 bits per heavy atom. The minimum Gasteiger partial charge on any atom is -0.347 e. The number of nitrogens with zero attached hydrogens (tertiary/aromatic N) is 4. The second-order valence-corrected chi connectivity index (χ2v) is 4.33. The lowest BCUT2D eigenvalue weighted by atomic mass is 10.2. The molecule has 2 aromatic rings. The molecule has 0 radical (unpaired) electrons. The van der Waals surface area contributed by atoms with Gasteiger partial charge in [0, 0.05) is 39.6 Å². The Balaban J connectivity index is 2.48. The standard InChI is InChI=1S/C11H11BrN4/c1-16-9-5-3-2-4-8(9)11(12)10(16)6-7-14-15-13/h2-5H,6-7H2,1H3. The van der Waals surface area contributed by atoms with E-state index in [-0.39, 0.29) is 0 Å². The van der Waals surface area contributed by atoms with E-state index in [2.05, 4.69) is 42.7 Å². The summed E-state index contributed by atoms with van der Waals surface area (Å²) in [7, 11) is 2.03. The van der Waals surface area contributed by atoms with Gasteiger partial charge in [0.25, 0.3) is 0 Å². The predicted octanol–water partition coefficient (Wildman–Crippen LogP) is 3.79. The van der Waals surface area contributed by atoms with Crippen molar-refractivity contribution >= 4 is 26.8 Å². The monoisotopic (exact) mass is 278 g/mol. The molecule has 0 N–H and O–H groups in total. The van der Waals surface area contributed by atoms with Crippen LogP contribution in [-0.2, 0) is 13.5 Å². The Hall–Kier alpha value is -1.45. The average Bonchev–Trinajstić information content (AvgIpc) is 2.55. The highest BCUT2D eigenvalue weighted by atomic mass is 79.9. The molecule has 0 unspecified atom stereocenters. The van der Waals surface area contributed by atoms with Crippen LogP contribution in [0.3, 0.4) is 0 Å². The normalized spacial score (nSPS) is 10.4. The number of aromatic nitrogens is 1. The summed E-state index contributed by atoms with van der Waals surface area (Å²) < 4.78 is 3.23. The number of azide groups is 1. The minimum atomic E-state index is 0.485. The number of benzene rings is 1. The highest BCUT2D eigenvalue weighted by Gasteiger charge is 2.11. The molecule has 5 heteroatoms. The van der Waals surface area contributed by atoms with Gasteiger partial charge in [-0.05, 0) is 33.9 Å². The maximum absolute atomic E-state index is 8.26. The van der Waals surface area contributed by atoms with E-state index < -0.39 is 0 Å². The maximum atomic E-state index is 8.26. The molecule has 82 valence electrons. The summed E-state index contributed by atoms with van der Waals surface area (Å²) in [5.41, 5.74) is 10.6. The highest BCUT2D eigenvalue weighted by Crippen LogP contribution is 2.30. The van der Waals surface area contributed by atoms with Crippen LogP contribution in [0.15, 0.2) is 33.9 Å². The van der Waals surface area contributed by atoms with Crippen LogP contribution in [-0.4, -0.2) is 11.1 Å². The molecule has 16 heavy (non-hydrogen) atoms. The number of hydrogen-bond acceptors (Lipinski definition) is 1. The van der Waals surface area contributed by atoms with Crippen molar-refractivity contribution in [3.63, 3.8) is 0 Å². The van der Waals surface area contributed by atoms with Gasteiger partial charge < -0.3 is 4.57 Å². The topological polar surface area (TPSA) is 53.7 Å². The number of aryl methyl sites for hydroxylation is 1. The van der Waals surface area contributed by atoms with Gasteiger partial charge in [-0.3, -0.25) is 0 Å². The molecule has 0 saturated carbocycles. The van der Waals surface area contributed by atoms with E-state index in [1.54, 1.807) is 0 Å². The fourth-order valence-corrected chi connectivity index (χ4v) is 2.68. The van der Waals surface area contributed by atoms with Gasteiger partial charge in [0.2, 0.25) is 0 Å². The van der Waals surface area contributed by atoms with Gasteiger partial charge in [-0.2, -0.15) is 0 Å². The summed E-state index contributed by atoms with van der Waals surface area (Å²) in [6.07, 6.45) is 0.746. The molecule has 0 amide bonds. The van der Waals surface area contributed by atoms with Gasteiger partial charge in [-0.1, -0.05) is 23.3 Å². The lowest BCUT2D eigenvalue weighted by Gasteiger charge is -2.02. The first-order valence-corrected chi connectivity index (χ1v) is 5.77. The van der Waals surface area contributed by atoms with Gasteiger partial charge in [0.15, 0.2) is 0 Å². The molecule has 0 saturated heterocycles. The van der Waals surface area contributed by atoms with E-state index in [1.165, 1.54) is 10.9 Å². The zero-order valence-electron chi connectivity index (χ0n) is 8.89. The molecule has 0 atom stereocenters. The van der Waals surface area contributed by atoms with Crippen molar-refractivity contribution in [2.24, 2.45) is 12.2 Å². The molecule has 0 fully saturated rings. The number of fused-ring (bicyclic) bond motifs is 1. The zero-order valence-corrected chi connectivity index (χ0v) is 10.5. The first-order valence-electron chi connectivity index (χ1n) is 4.98. The third kappa shape index (κ3) is 1.79. The second-order valence-electron chi connectivity index (χ2n) is 3.54. The molecule has 0 aliphatic rings.